The maximum absolute atomic E-state index is 12.9. The zero-order chi connectivity index (χ0) is 24.2. The Kier molecular flexibility index (Phi) is 4.99. The van der Waals surface area contributed by atoms with Crippen molar-refractivity contribution in [3.8, 4) is 0 Å². The van der Waals surface area contributed by atoms with Crippen LogP contribution in [0.1, 0.15) is 106 Å². The fraction of sp³-hybridized carbons (Fsp3) is 0.867. The van der Waals surface area contributed by atoms with Gasteiger partial charge in [-0.25, -0.2) is 0 Å². The van der Waals surface area contributed by atoms with Crippen LogP contribution in [0.2, 0.25) is 0 Å². The van der Waals surface area contributed by atoms with E-state index in [0.29, 0.717) is 29.5 Å². The molecule has 0 spiro atoms. The fourth-order valence-corrected chi connectivity index (χ4v) is 11.3. The lowest BCUT2D eigenvalue weighted by molar-refractivity contribution is -0.235. The summed E-state index contributed by atoms with van der Waals surface area (Å²) in [6.07, 6.45) is 10.1. The molecule has 3 heteroatoms. The van der Waals surface area contributed by atoms with Crippen molar-refractivity contribution in [2.75, 3.05) is 0 Å². The molecule has 0 aliphatic heterocycles. The second kappa shape index (κ2) is 6.97. The SMILES string of the molecule is C=C(C)[C@@H]1CCC2(C(=O)O)CC[C@]3(C)C(CCC4[C@@]5(C)CCC(=O)C(C)(C)C5CC[C@]43C)C12. The Bertz CT molecular complexity index is 902. The summed E-state index contributed by atoms with van der Waals surface area (Å²) in [4.78, 5) is 25.7. The van der Waals surface area contributed by atoms with Gasteiger partial charge in [-0.1, -0.05) is 46.8 Å². The lowest BCUT2D eigenvalue weighted by atomic mass is 9.32. The number of carboxylic acid groups (broad SMARTS) is 1. The number of allylic oxidation sites excluding steroid dienone is 1. The van der Waals surface area contributed by atoms with E-state index in [2.05, 4.69) is 48.1 Å². The van der Waals surface area contributed by atoms with Gasteiger partial charge in [0, 0.05) is 11.8 Å². The van der Waals surface area contributed by atoms with Crippen molar-refractivity contribution in [1.29, 1.82) is 0 Å². The van der Waals surface area contributed by atoms with Crippen molar-refractivity contribution in [3.63, 3.8) is 0 Å². The van der Waals surface area contributed by atoms with Gasteiger partial charge in [0.1, 0.15) is 5.78 Å². The van der Waals surface area contributed by atoms with Gasteiger partial charge in [0.15, 0.2) is 0 Å². The molecule has 0 amide bonds. The Balaban J connectivity index is 1.57. The number of fused-ring (bicyclic) bond motifs is 7. The molecule has 0 aromatic rings. The first kappa shape index (κ1) is 23.6. The average molecular weight is 455 g/mol. The van der Waals surface area contributed by atoms with Crippen molar-refractivity contribution in [2.45, 2.75) is 106 Å². The Hall–Kier alpha value is -1.12. The van der Waals surface area contributed by atoms with Gasteiger partial charge in [-0.15, -0.1) is 0 Å². The van der Waals surface area contributed by atoms with E-state index in [-0.39, 0.29) is 27.6 Å². The summed E-state index contributed by atoms with van der Waals surface area (Å²) >= 11 is 0. The number of carboxylic acids is 1. The highest BCUT2D eigenvalue weighted by atomic mass is 16.4. The number of hydrogen-bond donors (Lipinski definition) is 1. The smallest absolute Gasteiger partial charge is 0.309 e. The van der Waals surface area contributed by atoms with Crippen LogP contribution < -0.4 is 0 Å². The summed E-state index contributed by atoms with van der Waals surface area (Å²) < 4.78 is 0. The monoisotopic (exact) mass is 454 g/mol. The fourth-order valence-electron chi connectivity index (χ4n) is 11.3. The molecule has 5 fully saturated rings. The zero-order valence-corrected chi connectivity index (χ0v) is 21.9. The summed E-state index contributed by atoms with van der Waals surface area (Å²) in [6, 6.07) is 0. The predicted octanol–water partition coefficient (Wildman–Crippen LogP) is 7.30. The molecule has 5 rings (SSSR count). The summed E-state index contributed by atoms with van der Waals surface area (Å²) in [5, 5.41) is 10.5. The quantitative estimate of drug-likeness (QED) is 0.445. The van der Waals surface area contributed by atoms with Crippen LogP contribution in [0.25, 0.3) is 0 Å². The van der Waals surface area contributed by atoms with E-state index in [1.807, 2.05) is 0 Å². The number of carbonyl (C=O) groups excluding carboxylic acids is 1. The minimum absolute atomic E-state index is 0.164. The molecule has 5 aliphatic rings. The van der Waals surface area contributed by atoms with Crippen LogP contribution in [0.3, 0.4) is 0 Å². The molecule has 0 bridgehead atoms. The maximum atomic E-state index is 12.9. The van der Waals surface area contributed by atoms with Crippen LogP contribution in [-0.2, 0) is 9.59 Å². The molecule has 184 valence electrons. The van der Waals surface area contributed by atoms with E-state index >= 15 is 0 Å². The van der Waals surface area contributed by atoms with Gasteiger partial charge in [-0.2, -0.15) is 0 Å². The Labute approximate surface area is 201 Å². The topological polar surface area (TPSA) is 54.4 Å². The number of Topliss-reactive ketones (excluding diaryl/α,β-unsaturated/α-hetero) is 1. The average Bonchev–Trinajstić information content (AvgIpc) is 3.13. The van der Waals surface area contributed by atoms with Gasteiger partial charge in [-0.05, 0) is 111 Å². The van der Waals surface area contributed by atoms with Crippen LogP contribution >= 0.6 is 0 Å². The van der Waals surface area contributed by atoms with Gasteiger partial charge in [0.2, 0.25) is 0 Å². The molecule has 5 saturated carbocycles. The lowest BCUT2D eigenvalue weighted by Crippen LogP contribution is -2.66. The number of ketones is 1. The second-order valence-corrected chi connectivity index (χ2v) is 14.3. The molecule has 0 heterocycles. The summed E-state index contributed by atoms with van der Waals surface area (Å²) in [7, 11) is 0. The first-order valence-corrected chi connectivity index (χ1v) is 13.7. The molecular weight excluding hydrogens is 408 g/mol. The van der Waals surface area contributed by atoms with Crippen LogP contribution in [0.15, 0.2) is 12.2 Å². The highest BCUT2D eigenvalue weighted by molar-refractivity contribution is 5.85. The van der Waals surface area contributed by atoms with Gasteiger partial charge in [-0.3, -0.25) is 9.59 Å². The summed E-state index contributed by atoms with van der Waals surface area (Å²) in [5.41, 5.74) is 1.03. The van der Waals surface area contributed by atoms with E-state index in [9.17, 15) is 14.7 Å². The molecule has 33 heavy (non-hydrogen) atoms. The van der Waals surface area contributed by atoms with Crippen molar-refractivity contribution < 1.29 is 14.7 Å². The van der Waals surface area contributed by atoms with E-state index in [1.54, 1.807) is 0 Å². The summed E-state index contributed by atoms with van der Waals surface area (Å²) in [5.74, 6) is 2.07. The van der Waals surface area contributed by atoms with Crippen molar-refractivity contribution in [1.82, 2.24) is 0 Å². The third-order valence-electron chi connectivity index (χ3n) is 13.2. The number of hydrogen-bond acceptors (Lipinski definition) is 2. The molecule has 5 unspecified atom stereocenters. The number of carbonyl (C=O) groups is 2. The summed E-state index contributed by atoms with van der Waals surface area (Å²) in [6.45, 7) is 18.5. The van der Waals surface area contributed by atoms with Crippen molar-refractivity contribution in [2.24, 2.45) is 56.7 Å². The normalized spacial score (nSPS) is 52.8. The first-order valence-electron chi connectivity index (χ1n) is 13.7. The van der Waals surface area contributed by atoms with Crippen LogP contribution in [0.4, 0.5) is 0 Å². The molecule has 1 N–H and O–H groups in total. The minimum atomic E-state index is -0.547. The molecule has 0 radical (unpaired) electrons. The van der Waals surface area contributed by atoms with E-state index in [0.717, 1.165) is 51.4 Å². The third-order valence-corrected chi connectivity index (χ3v) is 13.2. The highest BCUT2D eigenvalue weighted by Gasteiger charge is 2.72. The maximum Gasteiger partial charge on any atom is 0.309 e. The number of rotatable bonds is 2. The Morgan fingerprint density at radius 3 is 2.21 bits per heavy atom. The molecule has 3 nitrogen and oxygen atoms in total. The molecule has 0 aromatic carbocycles. The van der Waals surface area contributed by atoms with E-state index in [4.69, 9.17) is 0 Å². The first-order chi connectivity index (χ1) is 15.3. The largest absolute Gasteiger partial charge is 0.481 e. The van der Waals surface area contributed by atoms with Crippen LogP contribution in [-0.4, -0.2) is 16.9 Å². The highest BCUT2D eigenvalue weighted by Crippen LogP contribution is 2.77. The van der Waals surface area contributed by atoms with Crippen LogP contribution in [0, 0.1) is 56.7 Å². The van der Waals surface area contributed by atoms with Crippen molar-refractivity contribution >= 4 is 11.8 Å². The molecule has 5 aliphatic carbocycles. The van der Waals surface area contributed by atoms with E-state index < -0.39 is 11.4 Å². The Morgan fingerprint density at radius 1 is 0.879 bits per heavy atom. The predicted molar refractivity (Wildman–Crippen MR) is 132 cm³/mol. The molecule has 9 atom stereocenters. The Morgan fingerprint density at radius 2 is 1.58 bits per heavy atom. The molecule has 0 saturated heterocycles. The minimum Gasteiger partial charge on any atom is -0.481 e. The molecular formula is C30H46O3. The zero-order valence-electron chi connectivity index (χ0n) is 21.9. The second-order valence-electron chi connectivity index (χ2n) is 14.3. The standard InChI is InChI=1S/C30H46O3/c1-18(2)19-10-15-30(25(32)33)17-16-28(6)20(24(19)30)8-9-22-27(5)13-12-23(31)26(3,4)21(27)11-14-29(22,28)7/h19-22,24H,1,8-17H2,2-7H3,(H,32,33)/t19-,20?,21?,22?,24?,27-,28+,29+,30?/m0/s1. The van der Waals surface area contributed by atoms with E-state index in [1.165, 1.54) is 18.4 Å². The van der Waals surface area contributed by atoms with Crippen molar-refractivity contribution in [3.05, 3.63) is 12.2 Å². The van der Waals surface area contributed by atoms with Crippen LogP contribution in [0.5, 0.6) is 0 Å². The lowest BCUT2D eigenvalue weighted by Gasteiger charge is -2.72. The van der Waals surface area contributed by atoms with Gasteiger partial charge < -0.3 is 5.11 Å². The number of aliphatic carboxylic acids is 1. The third kappa shape index (κ3) is 2.69. The van der Waals surface area contributed by atoms with Gasteiger partial charge in [0.05, 0.1) is 5.41 Å². The molecule has 0 aromatic heterocycles. The van der Waals surface area contributed by atoms with Gasteiger partial charge >= 0.3 is 5.97 Å². The van der Waals surface area contributed by atoms with Gasteiger partial charge in [0.25, 0.3) is 0 Å².